The van der Waals surface area contributed by atoms with Crippen LogP contribution in [-0.4, -0.2) is 63.4 Å². The van der Waals surface area contributed by atoms with Gasteiger partial charge in [0.2, 0.25) is 0 Å². The molecule has 5 N–H and O–H groups in total. The highest BCUT2D eigenvalue weighted by molar-refractivity contribution is 6.33. The number of rotatable bonds is 7. The second kappa shape index (κ2) is 9.24. The molecule has 1 amide bonds. The number of nitrogens with two attached hydrogens (primary N) is 2. The highest BCUT2D eigenvalue weighted by atomic mass is 35.5. The number of nitrogens with zero attached hydrogens (tertiary/aromatic N) is 1. The minimum absolute atomic E-state index is 0.0762. The number of hydrogen-bond acceptors (Lipinski definition) is 6. The first-order valence-electron chi connectivity index (χ1n) is 8.39. The lowest BCUT2D eigenvalue weighted by Crippen LogP contribution is -2.55. The van der Waals surface area contributed by atoms with Gasteiger partial charge in [0.05, 0.1) is 35.5 Å². The van der Waals surface area contributed by atoms with E-state index in [4.69, 9.17) is 32.5 Å². The van der Waals surface area contributed by atoms with Crippen molar-refractivity contribution in [3.05, 3.63) is 22.7 Å². The number of piperidine rings is 1. The summed E-state index contributed by atoms with van der Waals surface area (Å²) >= 11 is 6.05. The summed E-state index contributed by atoms with van der Waals surface area (Å²) in [6.07, 6.45) is 1.68. The van der Waals surface area contributed by atoms with Crippen LogP contribution in [-0.2, 0) is 4.74 Å². The average Bonchev–Trinajstić information content (AvgIpc) is 2.62. The summed E-state index contributed by atoms with van der Waals surface area (Å²) in [4.78, 5) is 15.0. The molecule has 25 heavy (non-hydrogen) atoms. The van der Waals surface area contributed by atoms with Crippen LogP contribution in [0.3, 0.4) is 0 Å². The number of halogens is 1. The van der Waals surface area contributed by atoms with E-state index in [-0.39, 0.29) is 18.1 Å². The highest BCUT2D eigenvalue weighted by Gasteiger charge is 2.31. The quantitative estimate of drug-likeness (QED) is 0.621. The van der Waals surface area contributed by atoms with E-state index in [1.807, 2.05) is 0 Å². The Hall–Kier alpha value is -1.54. The van der Waals surface area contributed by atoms with E-state index in [1.54, 1.807) is 13.2 Å². The smallest absolute Gasteiger partial charge is 0.255 e. The van der Waals surface area contributed by atoms with Crippen LogP contribution in [0, 0.1) is 0 Å². The monoisotopic (exact) mass is 370 g/mol. The first-order valence-corrected chi connectivity index (χ1v) is 8.77. The number of nitrogens with one attached hydrogen (secondary N) is 1. The zero-order valence-corrected chi connectivity index (χ0v) is 15.5. The summed E-state index contributed by atoms with van der Waals surface area (Å²) in [6, 6.07) is 3.01. The Morgan fingerprint density at radius 2 is 2.20 bits per heavy atom. The summed E-state index contributed by atoms with van der Waals surface area (Å²) in [7, 11) is 3.16. The molecule has 2 rings (SSSR count). The molecule has 1 aliphatic rings. The molecule has 140 valence electrons. The van der Waals surface area contributed by atoms with Gasteiger partial charge in [-0.25, -0.2) is 0 Å². The number of likely N-dealkylation sites (tertiary alicyclic amines) is 1. The maximum absolute atomic E-state index is 12.7. The Bertz CT molecular complexity index is 600. The van der Waals surface area contributed by atoms with Crippen LogP contribution in [0.2, 0.25) is 5.02 Å². The van der Waals surface area contributed by atoms with Gasteiger partial charge in [0, 0.05) is 26.3 Å². The lowest BCUT2D eigenvalue weighted by molar-refractivity contribution is 0.00631. The molecule has 1 aliphatic heterocycles. The minimum Gasteiger partial charge on any atom is -0.496 e. The van der Waals surface area contributed by atoms with E-state index in [0.717, 1.165) is 32.5 Å². The van der Waals surface area contributed by atoms with Crippen molar-refractivity contribution in [1.29, 1.82) is 0 Å². The van der Waals surface area contributed by atoms with Gasteiger partial charge in [0.25, 0.3) is 5.91 Å². The van der Waals surface area contributed by atoms with Crippen LogP contribution in [0.25, 0.3) is 0 Å². The van der Waals surface area contributed by atoms with Crippen molar-refractivity contribution in [3.8, 4) is 5.75 Å². The van der Waals surface area contributed by atoms with Crippen molar-refractivity contribution in [3.63, 3.8) is 0 Å². The molecule has 1 heterocycles. The number of hydrogen-bond donors (Lipinski definition) is 3. The fourth-order valence-electron chi connectivity index (χ4n) is 3.06. The molecule has 0 saturated carbocycles. The summed E-state index contributed by atoms with van der Waals surface area (Å²) in [5.41, 5.74) is 12.1. The van der Waals surface area contributed by atoms with E-state index in [1.165, 1.54) is 13.2 Å². The van der Waals surface area contributed by atoms with E-state index >= 15 is 0 Å². The third kappa shape index (κ3) is 4.98. The fraction of sp³-hybridized carbons (Fsp3) is 0.588. The van der Waals surface area contributed by atoms with Gasteiger partial charge in [-0.05, 0) is 32.0 Å². The highest BCUT2D eigenvalue weighted by Crippen LogP contribution is 2.29. The number of methoxy groups -OCH3 is 2. The van der Waals surface area contributed by atoms with Crippen LogP contribution >= 0.6 is 11.6 Å². The van der Waals surface area contributed by atoms with Gasteiger partial charge < -0.3 is 31.2 Å². The molecule has 8 heteroatoms. The van der Waals surface area contributed by atoms with Crippen LogP contribution in [0.5, 0.6) is 5.75 Å². The average molecular weight is 371 g/mol. The largest absolute Gasteiger partial charge is 0.496 e. The Morgan fingerprint density at radius 3 is 2.84 bits per heavy atom. The Labute approximate surface area is 153 Å². The van der Waals surface area contributed by atoms with Gasteiger partial charge in [-0.2, -0.15) is 0 Å². The second-order valence-corrected chi connectivity index (χ2v) is 6.57. The fourth-order valence-corrected chi connectivity index (χ4v) is 3.23. The number of benzene rings is 1. The van der Waals surface area contributed by atoms with Crippen LogP contribution in [0.15, 0.2) is 12.1 Å². The van der Waals surface area contributed by atoms with Crippen LogP contribution in [0.4, 0.5) is 5.69 Å². The van der Waals surface area contributed by atoms with Gasteiger partial charge in [-0.3, -0.25) is 4.79 Å². The molecule has 0 spiro atoms. The molecule has 0 radical (unpaired) electrons. The van der Waals surface area contributed by atoms with Crippen molar-refractivity contribution in [1.82, 2.24) is 10.2 Å². The van der Waals surface area contributed by atoms with Gasteiger partial charge in [0.1, 0.15) is 5.75 Å². The summed E-state index contributed by atoms with van der Waals surface area (Å²) in [5, 5.41) is 3.36. The third-order valence-electron chi connectivity index (χ3n) is 4.50. The Morgan fingerprint density at radius 1 is 1.44 bits per heavy atom. The summed E-state index contributed by atoms with van der Waals surface area (Å²) in [5.74, 6) is 0.148. The van der Waals surface area contributed by atoms with Gasteiger partial charge in [-0.15, -0.1) is 0 Å². The number of amides is 1. The van der Waals surface area contributed by atoms with Crippen LogP contribution in [0.1, 0.15) is 23.2 Å². The molecule has 0 aromatic heterocycles. The normalized spacial score (nSPS) is 21.1. The van der Waals surface area contributed by atoms with Crippen molar-refractivity contribution in [2.45, 2.75) is 25.0 Å². The molecular formula is C17H27ClN4O3. The predicted molar refractivity (Wildman–Crippen MR) is 99.2 cm³/mol. The van der Waals surface area contributed by atoms with Crippen molar-refractivity contribution in [2.75, 3.05) is 46.1 Å². The Kier molecular flexibility index (Phi) is 7.31. The molecule has 7 nitrogen and oxygen atoms in total. The van der Waals surface area contributed by atoms with Gasteiger partial charge >= 0.3 is 0 Å². The van der Waals surface area contributed by atoms with E-state index < -0.39 is 0 Å². The number of ether oxygens (including phenoxy) is 2. The maximum Gasteiger partial charge on any atom is 0.255 e. The third-order valence-corrected chi connectivity index (χ3v) is 4.83. The lowest BCUT2D eigenvalue weighted by Gasteiger charge is -2.38. The molecule has 0 bridgehead atoms. The van der Waals surface area contributed by atoms with Crippen molar-refractivity contribution in [2.24, 2.45) is 5.73 Å². The van der Waals surface area contributed by atoms with E-state index in [0.29, 0.717) is 28.6 Å². The van der Waals surface area contributed by atoms with Crippen molar-refractivity contribution >= 4 is 23.2 Å². The molecule has 0 unspecified atom stereocenters. The predicted octanol–water partition coefficient (Wildman–Crippen LogP) is 1.10. The molecule has 1 aromatic carbocycles. The molecule has 0 aliphatic carbocycles. The summed E-state index contributed by atoms with van der Waals surface area (Å²) in [6.45, 7) is 3.27. The molecule has 1 fully saturated rings. The zero-order valence-electron chi connectivity index (χ0n) is 14.8. The van der Waals surface area contributed by atoms with Gasteiger partial charge in [0.15, 0.2) is 0 Å². The maximum atomic E-state index is 12.7. The molecule has 1 aromatic rings. The first kappa shape index (κ1) is 19.8. The minimum atomic E-state index is -0.249. The number of anilines is 1. The SMILES string of the molecule is COc1cc(N)c(Cl)cc1C(=O)N[C@H]1CCN(CCCN)C[C@H]1OC. The topological polar surface area (TPSA) is 103 Å². The zero-order chi connectivity index (χ0) is 18.4. The molecule has 2 atom stereocenters. The van der Waals surface area contributed by atoms with Crippen LogP contribution < -0.4 is 21.5 Å². The molecule has 1 saturated heterocycles. The number of carbonyl (C=O) groups is 1. The standard InChI is InChI=1S/C17H27ClN4O3/c1-24-15-9-13(20)12(18)8-11(15)17(23)21-14-4-7-22(6-3-5-19)10-16(14)25-2/h8-9,14,16H,3-7,10,19-20H2,1-2H3,(H,21,23)/t14-,16+/m0/s1. The molecular weight excluding hydrogens is 344 g/mol. The van der Waals surface area contributed by atoms with Gasteiger partial charge in [-0.1, -0.05) is 11.6 Å². The first-order chi connectivity index (χ1) is 12.0. The number of carbonyl (C=O) groups excluding carboxylic acids is 1. The second-order valence-electron chi connectivity index (χ2n) is 6.16. The Balaban J connectivity index is 2.06. The van der Waals surface area contributed by atoms with E-state index in [2.05, 4.69) is 10.2 Å². The number of nitrogen functional groups attached to an aromatic ring is 1. The lowest BCUT2D eigenvalue weighted by atomic mass is 10.0. The summed E-state index contributed by atoms with van der Waals surface area (Å²) < 4.78 is 10.8. The van der Waals surface area contributed by atoms with Crippen molar-refractivity contribution < 1.29 is 14.3 Å². The van der Waals surface area contributed by atoms with E-state index in [9.17, 15) is 4.79 Å².